The summed E-state index contributed by atoms with van der Waals surface area (Å²) in [5.74, 6) is 0.868. The highest BCUT2D eigenvalue weighted by Gasteiger charge is 2.41. The molecule has 0 spiro atoms. The van der Waals surface area contributed by atoms with E-state index in [4.69, 9.17) is 0 Å². The molecular formula is C15H10BrNOS. The lowest BCUT2D eigenvalue weighted by Gasteiger charge is -2.32. The van der Waals surface area contributed by atoms with E-state index in [1.165, 1.54) is 10.5 Å². The number of rotatable bonds is 0. The first-order valence-corrected chi connectivity index (χ1v) is 7.86. The summed E-state index contributed by atoms with van der Waals surface area (Å²) in [7, 11) is 0. The maximum atomic E-state index is 12.4. The third-order valence-electron chi connectivity index (χ3n) is 3.70. The van der Waals surface area contributed by atoms with E-state index >= 15 is 0 Å². The standard InChI is InChI=1S/C15H10BrNOS/c16-12-7-3-6-11-13-9-4-1-2-5-10(9)15(18)17(13)8-19-14(11)12/h1-7,13H,8H2. The monoisotopic (exact) mass is 331 g/mol. The third kappa shape index (κ3) is 1.53. The zero-order chi connectivity index (χ0) is 13.0. The maximum Gasteiger partial charge on any atom is 0.255 e. The second-order valence-electron chi connectivity index (χ2n) is 4.70. The second kappa shape index (κ2) is 4.12. The number of carbonyl (C=O) groups is 1. The van der Waals surface area contributed by atoms with E-state index in [2.05, 4.69) is 34.1 Å². The zero-order valence-corrected chi connectivity index (χ0v) is 12.4. The zero-order valence-electron chi connectivity index (χ0n) is 9.97. The molecule has 0 radical (unpaired) electrons. The maximum absolute atomic E-state index is 12.4. The van der Waals surface area contributed by atoms with E-state index in [0.717, 1.165) is 15.6 Å². The van der Waals surface area contributed by atoms with Crippen LogP contribution in [-0.4, -0.2) is 16.7 Å². The summed E-state index contributed by atoms with van der Waals surface area (Å²) in [5, 5.41) is 0. The topological polar surface area (TPSA) is 20.3 Å². The van der Waals surface area contributed by atoms with Crippen LogP contribution in [0.25, 0.3) is 0 Å². The van der Waals surface area contributed by atoms with Crippen LogP contribution in [0.3, 0.4) is 0 Å². The lowest BCUT2D eigenvalue weighted by atomic mass is 9.98. The molecule has 0 saturated heterocycles. The molecule has 2 aromatic rings. The minimum absolute atomic E-state index is 0.0810. The number of halogens is 1. The predicted octanol–water partition coefficient (Wildman–Crippen LogP) is 4.06. The number of amides is 1. The molecule has 0 saturated carbocycles. The van der Waals surface area contributed by atoms with Gasteiger partial charge < -0.3 is 4.90 Å². The first-order chi connectivity index (χ1) is 9.27. The molecule has 2 aliphatic heterocycles. The molecule has 19 heavy (non-hydrogen) atoms. The van der Waals surface area contributed by atoms with E-state index in [0.29, 0.717) is 5.88 Å². The van der Waals surface area contributed by atoms with Gasteiger partial charge in [0.05, 0.1) is 11.9 Å². The van der Waals surface area contributed by atoms with E-state index in [1.807, 2.05) is 29.2 Å². The number of benzene rings is 2. The summed E-state index contributed by atoms with van der Waals surface area (Å²) in [6.07, 6.45) is 0. The van der Waals surface area contributed by atoms with Gasteiger partial charge in [-0.15, -0.1) is 11.8 Å². The number of fused-ring (bicyclic) bond motifs is 5. The normalized spacial score (nSPS) is 19.9. The molecule has 0 aromatic heterocycles. The van der Waals surface area contributed by atoms with Crippen molar-refractivity contribution in [1.29, 1.82) is 0 Å². The minimum Gasteiger partial charge on any atom is -0.318 e. The van der Waals surface area contributed by atoms with Gasteiger partial charge in [0.15, 0.2) is 0 Å². The van der Waals surface area contributed by atoms with Crippen LogP contribution in [0.1, 0.15) is 27.5 Å². The highest BCUT2D eigenvalue weighted by atomic mass is 79.9. The summed E-state index contributed by atoms with van der Waals surface area (Å²) in [5.41, 5.74) is 3.21. The first kappa shape index (κ1) is 11.6. The van der Waals surface area contributed by atoms with Crippen LogP contribution >= 0.6 is 27.7 Å². The van der Waals surface area contributed by atoms with Crippen LogP contribution in [0.5, 0.6) is 0 Å². The fourth-order valence-corrected chi connectivity index (χ4v) is 4.68. The van der Waals surface area contributed by atoms with Crippen LogP contribution < -0.4 is 0 Å². The van der Waals surface area contributed by atoms with Crippen LogP contribution in [0.15, 0.2) is 51.8 Å². The molecule has 2 aliphatic rings. The number of nitrogens with zero attached hydrogens (tertiary/aromatic N) is 1. The highest BCUT2D eigenvalue weighted by molar-refractivity contribution is 9.10. The van der Waals surface area contributed by atoms with Gasteiger partial charge in [-0.05, 0) is 39.2 Å². The van der Waals surface area contributed by atoms with E-state index in [9.17, 15) is 4.79 Å². The molecule has 1 unspecified atom stereocenters. The van der Waals surface area contributed by atoms with Crippen molar-refractivity contribution in [3.8, 4) is 0 Å². The molecule has 2 nitrogen and oxygen atoms in total. The molecule has 4 rings (SSSR count). The van der Waals surface area contributed by atoms with Crippen molar-refractivity contribution in [1.82, 2.24) is 4.90 Å². The summed E-state index contributed by atoms with van der Waals surface area (Å²) in [6, 6.07) is 14.2. The van der Waals surface area contributed by atoms with Gasteiger partial charge in [-0.1, -0.05) is 30.3 Å². The van der Waals surface area contributed by atoms with Gasteiger partial charge in [0.1, 0.15) is 0 Å². The van der Waals surface area contributed by atoms with Crippen molar-refractivity contribution in [3.63, 3.8) is 0 Å². The summed E-state index contributed by atoms with van der Waals surface area (Å²) in [4.78, 5) is 15.6. The number of hydrogen-bond donors (Lipinski definition) is 0. The largest absolute Gasteiger partial charge is 0.318 e. The molecular weight excluding hydrogens is 322 g/mol. The number of thioether (sulfide) groups is 1. The summed E-state index contributed by atoms with van der Waals surface area (Å²) >= 11 is 5.33. The van der Waals surface area contributed by atoms with Gasteiger partial charge in [0, 0.05) is 14.9 Å². The molecule has 0 N–H and O–H groups in total. The van der Waals surface area contributed by atoms with Gasteiger partial charge in [0.2, 0.25) is 0 Å². The smallest absolute Gasteiger partial charge is 0.255 e. The Balaban J connectivity index is 1.98. The molecule has 94 valence electrons. The Morgan fingerprint density at radius 1 is 1.11 bits per heavy atom. The van der Waals surface area contributed by atoms with Crippen molar-refractivity contribution >= 4 is 33.6 Å². The molecule has 2 heterocycles. The summed E-state index contributed by atoms with van der Waals surface area (Å²) in [6.45, 7) is 0. The Morgan fingerprint density at radius 2 is 1.89 bits per heavy atom. The molecule has 1 amide bonds. The predicted molar refractivity (Wildman–Crippen MR) is 79.3 cm³/mol. The van der Waals surface area contributed by atoms with Gasteiger partial charge in [0.25, 0.3) is 5.91 Å². The second-order valence-corrected chi connectivity index (χ2v) is 6.51. The van der Waals surface area contributed by atoms with Gasteiger partial charge >= 0.3 is 0 Å². The third-order valence-corrected chi connectivity index (χ3v) is 5.77. The fourth-order valence-electron chi connectivity index (χ4n) is 2.87. The highest BCUT2D eigenvalue weighted by Crippen LogP contribution is 2.48. The molecule has 0 bridgehead atoms. The van der Waals surface area contributed by atoms with E-state index < -0.39 is 0 Å². The Morgan fingerprint density at radius 3 is 2.79 bits per heavy atom. The van der Waals surface area contributed by atoms with Crippen molar-refractivity contribution in [3.05, 3.63) is 63.6 Å². The van der Waals surface area contributed by atoms with Crippen molar-refractivity contribution in [2.75, 3.05) is 5.88 Å². The van der Waals surface area contributed by atoms with E-state index in [1.54, 1.807) is 11.8 Å². The van der Waals surface area contributed by atoms with Crippen LogP contribution in [0.4, 0.5) is 0 Å². The van der Waals surface area contributed by atoms with Crippen LogP contribution in [-0.2, 0) is 0 Å². The van der Waals surface area contributed by atoms with Crippen LogP contribution in [0, 0.1) is 0 Å². The first-order valence-electron chi connectivity index (χ1n) is 6.08. The SMILES string of the molecule is O=C1c2ccccc2C2c3cccc(Br)c3SCN12. The average molecular weight is 332 g/mol. The van der Waals surface area contributed by atoms with Crippen LogP contribution in [0.2, 0.25) is 0 Å². The van der Waals surface area contributed by atoms with Gasteiger partial charge in [-0.2, -0.15) is 0 Å². The minimum atomic E-state index is 0.0810. The molecule has 0 fully saturated rings. The fraction of sp³-hybridized carbons (Fsp3) is 0.133. The Kier molecular flexibility index (Phi) is 2.50. The number of hydrogen-bond acceptors (Lipinski definition) is 2. The Hall–Kier alpha value is -1.26. The quantitative estimate of drug-likeness (QED) is 0.725. The lowest BCUT2D eigenvalue weighted by Crippen LogP contribution is -2.31. The molecule has 1 atom stereocenters. The van der Waals surface area contributed by atoms with Gasteiger partial charge in [-0.25, -0.2) is 0 Å². The molecule has 0 aliphatic carbocycles. The average Bonchev–Trinajstić information content (AvgIpc) is 2.74. The van der Waals surface area contributed by atoms with Crippen molar-refractivity contribution in [2.24, 2.45) is 0 Å². The van der Waals surface area contributed by atoms with Gasteiger partial charge in [-0.3, -0.25) is 4.79 Å². The number of carbonyl (C=O) groups excluding carboxylic acids is 1. The summed E-state index contributed by atoms with van der Waals surface area (Å²) < 4.78 is 1.12. The molecule has 2 aromatic carbocycles. The van der Waals surface area contributed by atoms with Crippen molar-refractivity contribution in [2.45, 2.75) is 10.9 Å². The van der Waals surface area contributed by atoms with Crippen molar-refractivity contribution < 1.29 is 4.79 Å². The lowest BCUT2D eigenvalue weighted by molar-refractivity contribution is 0.0779. The Labute approximate surface area is 123 Å². The Bertz CT molecular complexity index is 700. The molecule has 4 heteroatoms. The van der Waals surface area contributed by atoms with E-state index in [-0.39, 0.29) is 11.9 Å².